The Morgan fingerprint density at radius 1 is 1.14 bits per heavy atom. The fourth-order valence-electron chi connectivity index (χ4n) is 4.42. The molecule has 1 N–H and O–H groups in total. The minimum atomic E-state index is -3.30. The first kappa shape index (κ1) is 15.7. The van der Waals surface area contributed by atoms with Crippen LogP contribution in [0.25, 0.3) is 0 Å². The summed E-state index contributed by atoms with van der Waals surface area (Å²) in [7, 11) is -3.30. The zero-order chi connectivity index (χ0) is 15.0. The van der Waals surface area contributed by atoms with Crippen LogP contribution in [0.5, 0.6) is 0 Å². The van der Waals surface area contributed by atoms with Crippen LogP contribution in [0, 0.1) is 0 Å². The zero-order valence-corrected chi connectivity index (χ0v) is 14.1. The van der Waals surface area contributed by atoms with Crippen LogP contribution in [0.4, 0.5) is 0 Å². The van der Waals surface area contributed by atoms with Crippen LogP contribution in [0.15, 0.2) is 0 Å². The average Bonchev–Trinajstić information content (AvgIpc) is 2.78. The number of rotatable bonds is 4. The number of hydrogen-bond donors (Lipinski definition) is 1. The minimum absolute atomic E-state index is 0.149. The molecule has 3 heterocycles. The maximum atomic E-state index is 13.1. The molecule has 3 fully saturated rings. The molecule has 0 aromatic carbocycles. The van der Waals surface area contributed by atoms with Gasteiger partial charge in [-0.1, -0.05) is 13.3 Å². The van der Waals surface area contributed by atoms with Crippen LogP contribution in [-0.2, 0) is 10.2 Å². The van der Waals surface area contributed by atoms with Crippen molar-refractivity contribution in [2.45, 2.75) is 83.0 Å². The molecule has 3 aliphatic heterocycles. The summed E-state index contributed by atoms with van der Waals surface area (Å²) >= 11 is 0. The molecule has 5 nitrogen and oxygen atoms in total. The highest BCUT2D eigenvalue weighted by Gasteiger charge is 2.42. The Kier molecular flexibility index (Phi) is 4.60. The van der Waals surface area contributed by atoms with E-state index in [1.54, 1.807) is 8.61 Å². The molecular formula is C15H29N3O2S. The molecule has 2 bridgehead atoms. The Hall–Kier alpha value is -0.170. The molecular weight excluding hydrogens is 286 g/mol. The van der Waals surface area contributed by atoms with E-state index in [4.69, 9.17) is 0 Å². The van der Waals surface area contributed by atoms with E-state index < -0.39 is 10.2 Å². The van der Waals surface area contributed by atoms with Crippen LogP contribution in [-0.4, -0.2) is 54.3 Å². The van der Waals surface area contributed by atoms with Crippen LogP contribution in [0.3, 0.4) is 0 Å². The van der Waals surface area contributed by atoms with Gasteiger partial charge in [0, 0.05) is 37.3 Å². The second-order valence-electron chi connectivity index (χ2n) is 6.93. The Morgan fingerprint density at radius 3 is 2.38 bits per heavy atom. The van der Waals surface area contributed by atoms with Crippen molar-refractivity contribution < 1.29 is 8.42 Å². The van der Waals surface area contributed by atoms with Crippen LogP contribution < -0.4 is 5.32 Å². The summed E-state index contributed by atoms with van der Waals surface area (Å²) in [5.41, 5.74) is 0. The van der Waals surface area contributed by atoms with Crippen LogP contribution in [0.1, 0.15) is 58.8 Å². The second-order valence-corrected chi connectivity index (χ2v) is 8.76. The first-order chi connectivity index (χ1) is 10.0. The maximum Gasteiger partial charge on any atom is 0.282 e. The smallest absolute Gasteiger partial charge is 0.282 e. The fourth-order valence-corrected chi connectivity index (χ4v) is 6.49. The maximum absolute atomic E-state index is 13.1. The topological polar surface area (TPSA) is 52.7 Å². The summed E-state index contributed by atoms with van der Waals surface area (Å²) in [5, 5.41) is 3.60. The van der Waals surface area contributed by atoms with Crippen molar-refractivity contribution in [2.75, 3.05) is 13.1 Å². The molecule has 3 atom stereocenters. The first-order valence-electron chi connectivity index (χ1n) is 8.57. The Morgan fingerprint density at radius 2 is 1.81 bits per heavy atom. The number of piperidine rings is 2. The van der Waals surface area contributed by atoms with E-state index in [-0.39, 0.29) is 12.1 Å². The van der Waals surface area contributed by atoms with Gasteiger partial charge < -0.3 is 5.32 Å². The third-order valence-corrected chi connectivity index (χ3v) is 7.79. The highest BCUT2D eigenvalue weighted by atomic mass is 32.2. The van der Waals surface area contributed by atoms with Gasteiger partial charge in [-0.15, -0.1) is 0 Å². The van der Waals surface area contributed by atoms with Gasteiger partial charge in [0.25, 0.3) is 10.2 Å². The molecule has 122 valence electrons. The molecule has 3 unspecified atom stereocenters. The molecule has 3 saturated heterocycles. The van der Waals surface area contributed by atoms with Crippen molar-refractivity contribution in [2.24, 2.45) is 0 Å². The van der Waals surface area contributed by atoms with Crippen molar-refractivity contribution in [3.05, 3.63) is 0 Å². The molecule has 0 radical (unpaired) electrons. The third-order valence-electron chi connectivity index (χ3n) is 5.50. The summed E-state index contributed by atoms with van der Waals surface area (Å²) in [6.07, 6.45) is 7.51. The number of hydrogen-bond acceptors (Lipinski definition) is 3. The van der Waals surface area contributed by atoms with Crippen molar-refractivity contribution in [3.8, 4) is 0 Å². The van der Waals surface area contributed by atoms with Gasteiger partial charge in [0.05, 0.1) is 0 Å². The third kappa shape index (κ3) is 3.00. The van der Waals surface area contributed by atoms with Crippen molar-refractivity contribution >= 4 is 10.2 Å². The summed E-state index contributed by atoms with van der Waals surface area (Å²) in [4.78, 5) is 0. The van der Waals surface area contributed by atoms with E-state index in [1.165, 1.54) is 12.8 Å². The average molecular weight is 315 g/mol. The van der Waals surface area contributed by atoms with Gasteiger partial charge in [-0.2, -0.15) is 17.0 Å². The molecule has 3 aliphatic rings. The normalized spacial score (nSPS) is 38.0. The predicted molar refractivity (Wildman–Crippen MR) is 84.3 cm³/mol. The molecule has 0 saturated carbocycles. The zero-order valence-electron chi connectivity index (χ0n) is 13.3. The summed E-state index contributed by atoms with van der Waals surface area (Å²) in [5.74, 6) is 0. The Labute approximate surface area is 129 Å². The summed E-state index contributed by atoms with van der Waals surface area (Å²) < 4.78 is 29.7. The molecule has 3 rings (SSSR count). The Bertz CT molecular complexity index is 456. The van der Waals surface area contributed by atoms with Gasteiger partial charge in [-0.05, 0) is 45.4 Å². The van der Waals surface area contributed by atoms with Gasteiger partial charge >= 0.3 is 0 Å². The lowest BCUT2D eigenvalue weighted by Gasteiger charge is -2.41. The van der Waals surface area contributed by atoms with Gasteiger partial charge in [0.15, 0.2) is 0 Å². The lowest BCUT2D eigenvalue weighted by Crippen LogP contribution is -2.56. The second kappa shape index (κ2) is 6.14. The summed E-state index contributed by atoms with van der Waals surface area (Å²) in [6.45, 7) is 5.32. The minimum Gasteiger partial charge on any atom is -0.311 e. The van der Waals surface area contributed by atoms with Gasteiger partial charge in [-0.25, -0.2) is 0 Å². The Balaban J connectivity index is 1.78. The summed E-state index contributed by atoms with van der Waals surface area (Å²) in [6, 6.07) is 1.39. The molecule has 0 amide bonds. The predicted octanol–water partition coefficient (Wildman–Crippen LogP) is 1.71. The van der Waals surface area contributed by atoms with E-state index in [1.807, 2.05) is 6.92 Å². The lowest BCUT2D eigenvalue weighted by atomic mass is 10.00. The number of nitrogens with zero attached hydrogens (tertiary/aromatic N) is 2. The number of fused-ring (bicyclic) bond motifs is 2. The van der Waals surface area contributed by atoms with Crippen molar-refractivity contribution in [3.63, 3.8) is 0 Å². The van der Waals surface area contributed by atoms with Gasteiger partial charge in [-0.3, -0.25) is 0 Å². The number of nitrogens with one attached hydrogen (secondary N) is 1. The van der Waals surface area contributed by atoms with Crippen molar-refractivity contribution in [1.82, 2.24) is 13.9 Å². The first-order valence-corrected chi connectivity index (χ1v) is 9.96. The van der Waals surface area contributed by atoms with E-state index in [2.05, 4.69) is 12.2 Å². The largest absolute Gasteiger partial charge is 0.311 e. The van der Waals surface area contributed by atoms with E-state index >= 15 is 0 Å². The monoisotopic (exact) mass is 315 g/mol. The highest BCUT2D eigenvalue weighted by molar-refractivity contribution is 7.86. The molecule has 21 heavy (non-hydrogen) atoms. The van der Waals surface area contributed by atoms with Crippen LogP contribution >= 0.6 is 0 Å². The fraction of sp³-hybridized carbons (Fsp3) is 1.00. The van der Waals surface area contributed by atoms with E-state index in [0.717, 1.165) is 32.1 Å². The van der Waals surface area contributed by atoms with E-state index in [9.17, 15) is 8.42 Å². The van der Waals surface area contributed by atoms with Crippen LogP contribution in [0.2, 0.25) is 0 Å². The molecule has 0 aromatic rings. The molecule has 6 heteroatoms. The lowest BCUT2D eigenvalue weighted by molar-refractivity contribution is 0.196. The quantitative estimate of drug-likeness (QED) is 0.859. The van der Waals surface area contributed by atoms with Gasteiger partial charge in [0.2, 0.25) is 0 Å². The van der Waals surface area contributed by atoms with Crippen molar-refractivity contribution in [1.29, 1.82) is 0 Å². The molecule has 0 aromatic heterocycles. The molecule has 0 aliphatic carbocycles. The van der Waals surface area contributed by atoms with E-state index in [0.29, 0.717) is 25.2 Å². The highest BCUT2D eigenvalue weighted by Crippen LogP contribution is 2.32. The molecule has 0 spiro atoms. The van der Waals surface area contributed by atoms with Gasteiger partial charge in [0.1, 0.15) is 0 Å². The standard InChI is InChI=1S/C15H29N3O2S/c1-3-17(15-10-13-7-8-14(11-15)16-13)21(19,20)18-9-5-4-6-12(18)2/h12-16H,3-11H2,1-2H3. The SMILES string of the molecule is CCN(C1CC2CCC(C1)N2)S(=O)(=O)N1CCCCC1C.